The lowest BCUT2D eigenvalue weighted by Crippen LogP contribution is -2.02. The molecule has 0 fully saturated rings. The van der Waals surface area contributed by atoms with Crippen LogP contribution in [0.3, 0.4) is 0 Å². The zero-order valence-corrected chi connectivity index (χ0v) is 14.6. The van der Waals surface area contributed by atoms with E-state index in [1.54, 1.807) is 35.5 Å². The van der Waals surface area contributed by atoms with Crippen LogP contribution in [0, 0.1) is 0 Å². The Morgan fingerprint density at radius 2 is 2.16 bits per heavy atom. The molecule has 0 saturated heterocycles. The van der Waals surface area contributed by atoms with Crippen molar-refractivity contribution in [1.82, 2.24) is 19.6 Å². The second-order valence-electron chi connectivity index (χ2n) is 6.19. The normalized spacial score (nSPS) is 14.0. The lowest BCUT2D eigenvalue weighted by Gasteiger charge is -2.14. The van der Waals surface area contributed by atoms with Gasteiger partial charge < -0.3 is 10.1 Å². The number of aryl methyl sites for hydroxylation is 2. The van der Waals surface area contributed by atoms with E-state index in [-0.39, 0.29) is 0 Å². The summed E-state index contributed by atoms with van der Waals surface area (Å²) in [6.07, 6.45) is 10.0. The molecule has 1 aliphatic rings. The Bertz CT molecular complexity index is 1080. The summed E-state index contributed by atoms with van der Waals surface area (Å²) in [5.74, 6) is 1.58. The van der Waals surface area contributed by atoms with Crippen LogP contribution in [0.25, 0.3) is 15.7 Å². The van der Waals surface area contributed by atoms with E-state index in [0.717, 1.165) is 45.8 Å². The van der Waals surface area contributed by atoms with Gasteiger partial charge in [-0.15, -0.1) is 11.3 Å². The molecule has 0 unspecified atom stereocenters. The van der Waals surface area contributed by atoms with Gasteiger partial charge in [-0.2, -0.15) is 5.10 Å². The van der Waals surface area contributed by atoms with Gasteiger partial charge in [-0.05, 0) is 43.4 Å². The topological polar surface area (TPSA) is 64.3 Å². The van der Waals surface area contributed by atoms with Gasteiger partial charge in [0.25, 0.3) is 0 Å². The molecular formula is C18H17N5OS. The van der Waals surface area contributed by atoms with Crippen LogP contribution < -0.4 is 10.1 Å². The molecule has 0 bridgehead atoms. The number of rotatable bonds is 3. The minimum atomic E-state index is 0.729. The predicted octanol–water partition coefficient (Wildman–Crippen LogP) is 3.97. The van der Waals surface area contributed by atoms with E-state index in [1.165, 1.54) is 23.3 Å². The summed E-state index contributed by atoms with van der Waals surface area (Å²) in [6.45, 7) is 0. The fourth-order valence-corrected chi connectivity index (χ4v) is 4.75. The van der Waals surface area contributed by atoms with Crippen molar-refractivity contribution in [2.45, 2.75) is 25.7 Å². The number of thiophene rings is 1. The van der Waals surface area contributed by atoms with Crippen LogP contribution >= 0.6 is 11.3 Å². The molecule has 0 aliphatic heterocycles. The zero-order chi connectivity index (χ0) is 16.8. The third-order valence-corrected chi connectivity index (χ3v) is 5.92. The SMILES string of the molecule is COc1cn2nccc2cc1Nc1ncnc2sc3c(c12)CCCC3. The minimum absolute atomic E-state index is 0.729. The van der Waals surface area contributed by atoms with Crippen LogP contribution in [0.15, 0.2) is 30.9 Å². The van der Waals surface area contributed by atoms with E-state index in [0.29, 0.717) is 0 Å². The van der Waals surface area contributed by atoms with Gasteiger partial charge >= 0.3 is 0 Å². The highest BCUT2D eigenvalue weighted by Gasteiger charge is 2.20. The summed E-state index contributed by atoms with van der Waals surface area (Å²) in [5, 5.41) is 8.90. The van der Waals surface area contributed by atoms with E-state index in [1.807, 2.05) is 18.3 Å². The van der Waals surface area contributed by atoms with Crippen molar-refractivity contribution in [2.75, 3.05) is 12.4 Å². The van der Waals surface area contributed by atoms with Crippen molar-refractivity contribution in [3.63, 3.8) is 0 Å². The summed E-state index contributed by atoms with van der Waals surface area (Å²) < 4.78 is 7.33. The first-order chi connectivity index (χ1) is 12.3. The molecule has 0 atom stereocenters. The maximum atomic E-state index is 5.54. The summed E-state index contributed by atoms with van der Waals surface area (Å²) >= 11 is 1.80. The molecule has 0 spiro atoms. The molecule has 1 N–H and O–H groups in total. The minimum Gasteiger partial charge on any atom is -0.493 e. The van der Waals surface area contributed by atoms with E-state index in [4.69, 9.17) is 4.74 Å². The number of hydrogen-bond donors (Lipinski definition) is 1. The molecule has 25 heavy (non-hydrogen) atoms. The molecule has 1 aliphatic carbocycles. The molecule has 0 saturated carbocycles. The van der Waals surface area contributed by atoms with Crippen molar-refractivity contribution in [1.29, 1.82) is 0 Å². The number of pyridine rings is 1. The van der Waals surface area contributed by atoms with Gasteiger partial charge in [0.1, 0.15) is 17.0 Å². The van der Waals surface area contributed by atoms with E-state index in [2.05, 4.69) is 20.4 Å². The number of nitrogens with zero attached hydrogens (tertiary/aromatic N) is 4. The third-order valence-electron chi connectivity index (χ3n) is 4.72. The monoisotopic (exact) mass is 351 g/mol. The average Bonchev–Trinajstić information content (AvgIpc) is 3.24. The van der Waals surface area contributed by atoms with Crippen molar-refractivity contribution >= 4 is 38.6 Å². The van der Waals surface area contributed by atoms with E-state index in [9.17, 15) is 0 Å². The molecule has 126 valence electrons. The van der Waals surface area contributed by atoms with Crippen LogP contribution in [0.4, 0.5) is 11.5 Å². The van der Waals surface area contributed by atoms with E-state index >= 15 is 0 Å². The third kappa shape index (κ3) is 2.34. The molecule has 0 radical (unpaired) electrons. The van der Waals surface area contributed by atoms with Gasteiger partial charge in [0.15, 0.2) is 5.75 Å². The van der Waals surface area contributed by atoms with Gasteiger partial charge in [-0.1, -0.05) is 0 Å². The lowest BCUT2D eigenvalue weighted by molar-refractivity contribution is 0.413. The van der Waals surface area contributed by atoms with Gasteiger partial charge in [0.2, 0.25) is 0 Å². The molecular weight excluding hydrogens is 334 g/mol. The Morgan fingerprint density at radius 3 is 3.08 bits per heavy atom. The van der Waals surface area contributed by atoms with Crippen molar-refractivity contribution in [3.05, 3.63) is 41.3 Å². The largest absolute Gasteiger partial charge is 0.493 e. The number of aromatic nitrogens is 4. The summed E-state index contributed by atoms with van der Waals surface area (Å²) in [6, 6.07) is 3.99. The van der Waals surface area contributed by atoms with Gasteiger partial charge in [-0.3, -0.25) is 0 Å². The molecule has 5 rings (SSSR count). The maximum Gasteiger partial charge on any atom is 0.160 e. The second-order valence-corrected chi connectivity index (χ2v) is 7.28. The standard InChI is InChI=1S/C18H17N5OS/c1-24-14-9-23-11(6-7-21-23)8-13(14)22-17-16-12-4-2-3-5-15(12)25-18(16)20-10-19-17/h6-10H,2-5H2,1H3,(H,19,20,22). The van der Waals surface area contributed by atoms with Crippen molar-refractivity contribution in [2.24, 2.45) is 0 Å². The fourth-order valence-electron chi connectivity index (χ4n) is 3.52. The van der Waals surface area contributed by atoms with Gasteiger partial charge in [-0.25, -0.2) is 14.5 Å². The highest BCUT2D eigenvalue weighted by Crippen LogP contribution is 2.39. The molecule has 0 amide bonds. The van der Waals surface area contributed by atoms with Crippen LogP contribution in [0.2, 0.25) is 0 Å². The fraction of sp³-hybridized carbons (Fsp3) is 0.278. The van der Waals surface area contributed by atoms with Gasteiger partial charge in [0.05, 0.1) is 29.9 Å². The smallest absolute Gasteiger partial charge is 0.160 e. The quantitative estimate of drug-likeness (QED) is 0.605. The number of nitrogens with one attached hydrogen (secondary N) is 1. The first-order valence-corrected chi connectivity index (χ1v) is 9.19. The van der Waals surface area contributed by atoms with Gasteiger partial charge in [0, 0.05) is 11.1 Å². The molecule has 7 heteroatoms. The molecule has 0 aromatic carbocycles. The summed E-state index contributed by atoms with van der Waals surface area (Å²) in [4.78, 5) is 11.6. The Balaban J connectivity index is 1.66. The summed E-state index contributed by atoms with van der Waals surface area (Å²) in [5.41, 5.74) is 3.30. The summed E-state index contributed by atoms with van der Waals surface area (Å²) in [7, 11) is 1.66. The van der Waals surface area contributed by atoms with Crippen LogP contribution in [0.1, 0.15) is 23.3 Å². The first-order valence-electron chi connectivity index (χ1n) is 8.37. The average molecular weight is 351 g/mol. The van der Waals surface area contributed by atoms with E-state index < -0.39 is 0 Å². The van der Waals surface area contributed by atoms with Crippen molar-refractivity contribution < 1.29 is 4.74 Å². The Labute approximate surface area is 148 Å². The number of hydrogen-bond acceptors (Lipinski definition) is 6. The van der Waals surface area contributed by atoms with Crippen LogP contribution in [-0.2, 0) is 12.8 Å². The zero-order valence-electron chi connectivity index (χ0n) is 13.8. The predicted molar refractivity (Wildman–Crippen MR) is 99.1 cm³/mol. The number of methoxy groups -OCH3 is 1. The number of ether oxygens (including phenoxy) is 1. The highest BCUT2D eigenvalue weighted by molar-refractivity contribution is 7.19. The Kier molecular flexibility index (Phi) is 3.34. The van der Waals surface area contributed by atoms with Crippen LogP contribution in [-0.4, -0.2) is 26.7 Å². The lowest BCUT2D eigenvalue weighted by atomic mass is 9.97. The second kappa shape index (κ2) is 5.70. The number of anilines is 2. The Hall–Kier alpha value is -2.67. The molecule has 6 nitrogen and oxygen atoms in total. The molecule has 4 aromatic heterocycles. The highest BCUT2D eigenvalue weighted by atomic mass is 32.1. The maximum absolute atomic E-state index is 5.54. The van der Waals surface area contributed by atoms with Crippen LogP contribution in [0.5, 0.6) is 5.75 Å². The first kappa shape index (κ1) is 14.7. The number of fused-ring (bicyclic) bond motifs is 4. The molecule has 4 heterocycles. The Morgan fingerprint density at radius 1 is 1.24 bits per heavy atom. The molecule has 4 aromatic rings. The van der Waals surface area contributed by atoms with Crippen molar-refractivity contribution in [3.8, 4) is 5.75 Å².